The SMILES string of the molecule is CN(C)C(=O)NCC(=O)NCc1nn(C)c2cccc(Cl)c12. The normalized spacial score (nSPS) is 10.5. The van der Waals surface area contributed by atoms with Crippen LogP contribution in [0.15, 0.2) is 18.2 Å². The van der Waals surface area contributed by atoms with Gasteiger partial charge < -0.3 is 15.5 Å². The van der Waals surface area contributed by atoms with Crippen LogP contribution in [0, 0.1) is 0 Å². The minimum Gasteiger partial charge on any atom is -0.349 e. The van der Waals surface area contributed by atoms with Gasteiger partial charge in [-0.25, -0.2) is 4.79 Å². The quantitative estimate of drug-likeness (QED) is 0.884. The summed E-state index contributed by atoms with van der Waals surface area (Å²) in [6.07, 6.45) is 0. The van der Waals surface area contributed by atoms with E-state index in [4.69, 9.17) is 11.6 Å². The largest absolute Gasteiger partial charge is 0.349 e. The van der Waals surface area contributed by atoms with E-state index >= 15 is 0 Å². The summed E-state index contributed by atoms with van der Waals surface area (Å²) in [5, 5.41) is 11.0. The third-order valence-corrected chi connectivity index (χ3v) is 3.47. The molecular weight excluding hydrogens is 306 g/mol. The molecule has 0 saturated carbocycles. The first kappa shape index (κ1) is 16.1. The number of amides is 3. The molecule has 0 atom stereocenters. The number of aromatic nitrogens is 2. The van der Waals surface area contributed by atoms with Gasteiger partial charge in [0.25, 0.3) is 0 Å². The molecule has 7 nitrogen and oxygen atoms in total. The molecule has 2 N–H and O–H groups in total. The predicted molar refractivity (Wildman–Crippen MR) is 84.7 cm³/mol. The van der Waals surface area contributed by atoms with Crippen LogP contribution in [0.25, 0.3) is 10.9 Å². The lowest BCUT2D eigenvalue weighted by molar-refractivity contribution is -0.120. The van der Waals surface area contributed by atoms with Gasteiger partial charge in [0.05, 0.1) is 29.3 Å². The summed E-state index contributed by atoms with van der Waals surface area (Å²) in [5.41, 5.74) is 1.59. The number of carbonyl (C=O) groups excluding carboxylic acids is 2. The van der Waals surface area contributed by atoms with Crippen LogP contribution in [0.3, 0.4) is 0 Å². The van der Waals surface area contributed by atoms with Gasteiger partial charge in [0.1, 0.15) is 0 Å². The third-order valence-electron chi connectivity index (χ3n) is 3.16. The van der Waals surface area contributed by atoms with Crippen molar-refractivity contribution >= 4 is 34.4 Å². The first-order valence-corrected chi connectivity index (χ1v) is 7.10. The van der Waals surface area contributed by atoms with Crippen LogP contribution in [0.5, 0.6) is 0 Å². The monoisotopic (exact) mass is 323 g/mol. The minimum atomic E-state index is -0.318. The number of fused-ring (bicyclic) bond motifs is 1. The van der Waals surface area contributed by atoms with Crippen molar-refractivity contribution in [2.45, 2.75) is 6.54 Å². The number of benzene rings is 1. The van der Waals surface area contributed by atoms with Crippen molar-refractivity contribution in [2.24, 2.45) is 7.05 Å². The number of nitrogens with zero attached hydrogens (tertiary/aromatic N) is 3. The first-order chi connectivity index (χ1) is 10.4. The number of hydrogen-bond donors (Lipinski definition) is 2. The predicted octanol–water partition coefficient (Wildman–Crippen LogP) is 1.11. The number of carbonyl (C=O) groups is 2. The molecule has 0 bridgehead atoms. The van der Waals surface area contributed by atoms with Crippen molar-refractivity contribution < 1.29 is 9.59 Å². The fourth-order valence-corrected chi connectivity index (χ4v) is 2.31. The Kier molecular flexibility index (Phi) is 4.87. The molecule has 0 aliphatic carbocycles. The van der Waals surface area contributed by atoms with Crippen LogP contribution >= 0.6 is 11.6 Å². The van der Waals surface area contributed by atoms with Crippen molar-refractivity contribution in [3.8, 4) is 0 Å². The number of halogens is 1. The summed E-state index contributed by atoms with van der Waals surface area (Å²) in [5.74, 6) is -0.291. The molecule has 0 fully saturated rings. The van der Waals surface area contributed by atoms with E-state index in [1.165, 1.54) is 4.90 Å². The van der Waals surface area contributed by atoms with E-state index in [0.717, 1.165) is 10.9 Å². The lowest BCUT2D eigenvalue weighted by atomic mass is 10.2. The van der Waals surface area contributed by atoms with Crippen LogP contribution in [-0.4, -0.2) is 47.3 Å². The standard InChI is InChI=1S/C14H18ClN5O2/c1-19(2)14(22)17-8-12(21)16-7-10-13-9(15)5-4-6-11(13)20(3)18-10/h4-6H,7-8H2,1-3H3,(H,16,21)(H,17,22). The summed E-state index contributed by atoms with van der Waals surface area (Å²) in [7, 11) is 5.03. The molecule has 0 radical (unpaired) electrons. The molecule has 1 aromatic carbocycles. The van der Waals surface area contributed by atoms with E-state index in [0.29, 0.717) is 10.7 Å². The van der Waals surface area contributed by atoms with Crippen LogP contribution in [0.1, 0.15) is 5.69 Å². The molecule has 1 aromatic heterocycles. The third kappa shape index (κ3) is 3.48. The highest BCUT2D eigenvalue weighted by molar-refractivity contribution is 6.35. The second kappa shape index (κ2) is 6.65. The van der Waals surface area contributed by atoms with Gasteiger partial charge in [-0.05, 0) is 12.1 Å². The lowest BCUT2D eigenvalue weighted by Crippen LogP contribution is -2.41. The van der Waals surface area contributed by atoms with Gasteiger partial charge in [-0.15, -0.1) is 0 Å². The Morgan fingerprint density at radius 2 is 2.05 bits per heavy atom. The van der Waals surface area contributed by atoms with E-state index in [1.54, 1.807) is 24.8 Å². The van der Waals surface area contributed by atoms with E-state index < -0.39 is 0 Å². The maximum absolute atomic E-state index is 11.8. The molecule has 22 heavy (non-hydrogen) atoms. The van der Waals surface area contributed by atoms with E-state index in [-0.39, 0.29) is 25.0 Å². The summed E-state index contributed by atoms with van der Waals surface area (Å²) >= 11 is 6.20. The Balaban J connectivity index is 2.00. The zero-order valence-electron chi connectivity index (χ0n) is 12.7. The van der Waals surface area contributed by atoms with E-state index in [2.05, 4.69) is 15.7 Å². The molecule has 2 rings (SSSR count). The molecule has 0 saturated heterocycles. The summed E-state index contributed by atoms with van der Waals surface area (Å²) in [6.45, 7) is 0.160. The van der Waals surface area contributed by atoms with Gasteiger partial charge in [0.2, 0.25) is 5.91 Å². The average Bonchev–Trinajstić information content (AvgIpc) is 2.80. The van der Waals surface area contributed by atoms with Crippen LogP contribution in [0.2, 0.25) is 5.02 Å². The summed E-state index contributed by atoms with van der Waals surface area (Å²) in [4.78, 5) is 24.5. The zero-order valence-corrected chi connectivity index (χ0v) is 13.4. The molecule has 0 aliphatic rings. The van der Waals surface area contributed by atoms with Crippen molar-refractivity contribution in [1.29, 1.82) is 0 Å². The lowest BCUT2D eigenvalue weighted by Gasteiger charge is -2.11. The molecule has 0 unspecified atom stereocenters. The number of nitrogens with one attached hydrogen (secondary N) is 2. The summed E-state index contributed by atoms with van der Waals surface area (Å²) in [6, 6.07) is 5.23. The Morgan fingerprint density at radius 1 is 1.32 bits per heavy atom. The first-order valence-electron chi connectivity index (χ1n) is 6.72. The topological polar surface area (TPSA) is 79.3 Å². The van der Waals surface area contributed by atoms with E-state index in [1.807, 2.05) is 19.2 Å². The summed E-state index contributed by atoms with van der Waals surface area (Å²) < 4.78 is 1.72. The van der Waals surface area contributed by atoms with Crippen molar-refractivity contribution in [3.05, 3.63) is 28.9 Å². The fourth-order valence-electron chi connectivity index (χ4n) is 2.04. The average molecular weight is 324 g/mol. The molecule has 2 aromatic rings. The second-order valence-corrected chi connectivity index (χ2v) is 5.44. The maximum atomic E-state index is 11.8. The smallest absolute Gasteiger partial charge is 0.317 e. The highest BCUT2D eigenvalue weighted by Crippen LogP contribution is 2.26. The van der Waals surface area contributed by atoms with Crippen molar-refractivity contribution in [2.75, 3.05) is 20.6 Å². The van der Waals surface area contributed by atoms with Crippen molar-refractivity contribution in [1.82, 2.24) is 25.3 Å². The van der Waals surface area contributed by atoms with Gasteiger partial charge in [-0.1, -0.05) is 17.7 Å². The Labute approximate surface area is 133 Å². The van der Waals surface area contributed by atoms with Crippen LogP contribution in [-0.2, 0) is 18.4 Å². The second-order valence-electron chi connectivity index (χ2n) is 5.03. The molecular formula is C14H18ClN5O2. The van der Waals surface area contributed by atoms with Crippen molar-refractivity contribution in [3.63, 3.8) is 0 Å². The molecule has 0 spiro atoms. The van der Waals surface area contributed by atoms with Gasteiger partial charge in [-0.2, -0.15) is 5.10 Å². The zero-order chi connectivity index (χ0) is 16.3. The van der Waals surface area contributed by atoms with E-state index in [9.17, 15) is 9.59 Å². The van der Waals surface area contributed by atoms with Gasteiger partial charge >= 0.3 is 6.03 Å². The fraction of sp³-hybridized carbons (Fsp3) is 0.357. The molecule has 8 heteroatoms. The highest BCUT2D eigenvalue weighted by Gasteiger charge is 2.13. The maximum Gasteiger partial charge on any atom is 0.317 e. The number of hydrogen-bond acceptors (Lipinski definition) is 3. The van der Waals surface area contributed by atoms with Crippen LogP contribution < -0.4 is 10.6 Å². The Bertz CT molecular complexity index is 711. The number of rotatable bonds is 4. The van der Waals surface area contributed by atoms with Gasteiger partial charge in [0, 0.05) is 26.5 Å². The van der Waals surface area contributed by atoms with Gasteiger partial charge in [-0.3, -0.25) is 9.48 Å². The molecule has 1 heterocycles. The minimum absolute atomic E-state index is 0.0878. The Morgan fingerprint density at radius 3 is 2.73 bits per heavy atom. The highest BCUT2D eigenvalue weighted by atomic mass is 35.5. The number of urea groups is 1. The van der Waals surface area contributed by atoms with Gasteiger partial charge in [0.15, 0.2) is 0 Å². The molecule has 3 amide bonds. The molecule has 118 valence electrons. The molecule has 0 aliphatic heterocycles. The van der Waals surface area contributed by atoms with Crippen LogP contribution in [0.4, 0.5) is 4.79 Å². The number of aryl methyl sites for hydroxylation is 1. The Hall–Kier alpha value is -2.28.